The van der Waals surface area contributed by atoms with E-state index in [-0.39, 0.29) is 30.8 Å². The molecule has 0 aromatic heterocycles. The molecule has 35 heavy (non-hydrogen) atoms. The van der Waals surface area contributed by atoms with Gasteiger partial charge in [-0.05, 0) is 53.9 Å². The van der Waals surface area contributed by atoms with Gasteiger partial charge in [-0.15, -0.1) is 0 Å². The van der Waals surface area contributed by atoms with Crippen LogP contribution >= 0.6 is 0 Å². The van der Waals surface area contributed by atoms with Gasteiger partial charge in [-0.25, -0.2) is 17.6 Å². The molecule has 0 saturated carbocycles. The summed E-state index contributed by atoms with van der Waals surface area (Å²) in [6, 6.07) is 11.6. The van der Waals surface area contributed by atoms with Gasteiger partial charge in [0, 0.05) is 42.0 Å². The molecule has 3 aromatic carbocycles. The molecule has 0 spiro atoms. The summed E-state index contributed by atoms with van der Waals surface area (Å²) < 4.78 is 54.4. The fourth-order valence-electron chi connectivity index (χ4n) is 3.50. The predicted octanol–water partition coefficient (Wildman–Crippen LogP) is 5.12. The van der Waals surface area contributed by atoms with E-state index in [1.807, 2.05) is 13.8 Å². The predicted molar refractivity (Wildman–Crippen MR) is 125 cm³/mol. The normalized spacial score (nSPS) is 11.3. The minimum atomic E-state index is -0.880. The number of amides is 2. The Hall–Kier alpha value is -3.72. The number of halogens is 4. The molecule has 184 valence electrons. The van der Waals surface area contributed by atoms with E-state index < -0.39 is 40.5 Å². The molecule has 2 amide bonds. The van der Waals surface area contributed by atoms with Gasteiger partial charge in [0.2, 0.25) is 0 Å². The van der Waals surface area contributed by atoms with E-state index in [1.54, 1.807) is 24.3 Å². The maximum atomic E-state index is 13.7. The Labute approximate surface area is 200 Å². The Morgan fingerprint density at radius 1 is 0.857 bits per heavy atom. The van der Waals surface area contributed by atoms with Crippen LogP contribution in [0.1, 0.15) is 40.1 Å². The molecule has 3 aromatic rings. The lowest BCUT2D eigenvalue weighted by Crippen LogP contribution is -2.41. The largest absolute Gasteiger partial charge is 0.334 e. The van der Waals surface area contributed by atoms with Gasteiger partial charge in [0.15, 0.2) is 0 Å². The van der Waals surface area contributed by atoms with Crippen molar-refractivity contribution in [2.24, 2.45) is 11.1 Å². The Kier molecular flexibility index (Phi) is 7.91. The number of carbonyl (C=O) groups is 2. The zero-order valence-electron chi connectivity index (χ0n) is 19.2. The molecular weight excluding hydrogens is 462 g/mol. The molecule has 0 heterocycles. The van der Waals surface area contributed by atoms with Crippen molar-refractivity contribution in [2.75, 3.05) is 18.4 Å². The van der Waals surface area contributed by atoms with Gasteiger partial charge < -0.3 is 16.0 Å². The van der Waals surface area contributed by atoms with Crippen LogP contribution in [0.2, 0.25) is 0 Å². The number of carbonyl (C=O) groups excluding carboxylic acids is 2. The first-order chi connectivity index (χ1) is 16.5. The second kappa shape index (κ2) is 10.7. The maximum Gasteiger partial charge on any atom is 0.255 e. The molecule has 9 heteroatoms. The SMILES string of the molecule is CC(C)(CN)CN(Cc1cccc(NC(=O)c2cc(F)cc(F)c2)c1)C(=O)c1cc(F)cc(F)c1. The van der Waals surface area contributed by atoms with Crippen molar-refractivity contribution in [1.82, 2.24) is 4.90 Å². The second-order valence-corrected chi connectivity index (χ2v) is 9.00. The summed E-state index contributed by atoms with van der Waals surface area (Å²) in [4.78, 5) is 27.0. The van der Waals surface area contributed by atoms with Crippen molar-refractivity contribution >= 4 is 17.5 Å². The average Bonchev–Trinajstić information content (AvgIpc) is 2.77. The smallest absolute Gasteiger partial charge is 0.255 e. The monoisotopic (exact) mass is 487 g/mol. The Morgan fingerprint density at radius 3 is 1.94 bits per heavy atom. The summed E-state index contributed by atoms with van der Waals surface area (Å²) in [5.41, 5.74) is 5.94. The van der Waals surface area contributed by atoms with Crippen molar-refractivity contribution in [3.8, 4) is 0 Å². The van der Waals surface area contributed by atoms with E-state index >= 15 is 0 Å². The zero-order valence-corrected chi connectivity index (χ0v) is 19.2. The van der Waals surface area contributed by atoms with Gasteiger partial charge >= 0.3 is 0 Å². The number of anilines is 1. The fraction of sp³-hybridized carbons (Fsp3) is 0.231. The number of nitrogens with two attached hydrogens (primary N) is 1. The number of benzene rings is 3. The summed E-state index contributed by atoms with van der Waals surface area (Å²) >= 11 is 0. The van der Waals surface area contributed by atoms with Crippen molar-refractivity contribution in [3.05, 3.63) is 101 Å². The molecule has 5 nitrogen and oxygen atoms in total. The molecule has 0 aliphatic heterocycles. The van der Waals surface area contributed by atoms with Crippen molar-refractivity contribution < 1.29 is 27.2 Å². The van der Waals surface area contributed by atoms with Crippen LogP contribution in [0, 0.1) is 28.7 Å². The van der Waals surface area contributed by atoms with Crippen LogP contribution < -0.4 is 11.1 Å². The van der Waals surface area contributed by atoms with Crippen molar-refractivity contribution in [3.63, 3.8) is 0 Å². The number of hydrogen-bond donors (Lipinski definition) is 2. The molecule has 0 fully saturated rings. The van der Waals surface area contributed by atoms with Gasteiger partial charge in [-0.1, -0.05) is 26.0 Å². The fourth-order valence-corrected chi connectivity index (χ4v) is 3.50. The van der Waals surface area contributed by atoms with E-state index in [4.69, 9.17) is 5.73 Å². The molecule has 0 atom stereocenters. The van der Waals surface area contributed by atoms with E-state index in [1.165, 1.54) is 4.90 Å². The summed E-state index contributed by atoms with van der Waals surface area (Å²) in [5, 5.41) is 2.57. The molecule has 0 aliphatic carbocycles. The lowest BCUT2D eigenvalue weighted by atomic mass is 9.92. The second-order valence-electron chi connectivity index (χ2n) is 9.00. The van der Waals surface area contributed by atoms with Crippen LogP contribution in [0.15, 0.2) is 60.7 Å². The summed E-state index contributed by atoms with van der Waals surface area (Å²) in [6.07, 6.45) is 0. The van der Waals surface area contributed by atoms with Crippen LogP contribution in [-0.2, 0) is 6.54 Å². The first-order valence-corrected chi connectivity index (χ1v) is 10.8. The third-order valence-corrected chi connectivity index (χ3v) is 5.25. The van der Waals surface area contributed by atoms with E-state index in [0.717, 1.165) is 24.3 Å². The van der Waals surface area contributed by atoms with Crippen LogP contribution in [0.3, 0.4) is 0 Å². The van der Waals surface area contributed by atoms with Crippen LogP contribution in [0.25, 0.3) is 0 Å². The highest BCUT2D eigenvalue weighted by Gasteiger charge is 2.26. The van der Waals surface area contributed by atoms with E-state index in [2.05, 4.69) is 5.32 Å². The quantitative estimate of drug-likeness (QED) is 0.433. The number of hydrogen-bond acceptors (Lipinski definition) is 3. The lowest BCUT2D eigenvalue weighted by molar-refractivity contribution is 0.0672. The Balaban J connectivity index is 1.85. The minimum absolute atomic E-state index is 0.0543. The molecule has 3 N–H and O–H groups in total. The van der Waals surface area contributed by atoms with Gasteiger partial charge in [-0.2, -0.15) is 0 Å². The minimum Gasteiger partial charge on any atom is -0.334 e. The molecule has 0 saturated heterocycles. The van der Waals surface area contributed by atoms with Gasteiger partial charge in [-0.3, -0.25) is 9.59 Å². The Morgan fingerprint density at radius 2 is 1.40 bits per heavy atom. The third kappa shape index (κ3) is 7.13. The van der Waals surface area contributed by atoms with Gasteiger partial charge in [0.1, 0.15) is 23.3 Å². The van der Waals surface area contributed by atoms with Crippen LogP contribution in [-0.4, -0.2) is 29.8 Å². The molecular formula is C26H25F4N3O2. The first-order valence-electron chi connectivity index (χ1n) is 10.8. The molecule has 0 unspecified atom stereocenters. The first kappa shape index (κ1) is 25.9. The van der Waals surface area contributed by atoms with Gasteiger partial charge in [0.25, 0.3) is 11.8 Å². The standard InChI is InChI=1S/C26H25F4N3O2/c1-26(2,14-31)15-33(25(35)18-9-21(29)12-22(30)10-18)13-16-4-3-5-23(6-16)32-24(34)17-7-19(27)11-20(28)8-17/h3-12H,13-15,31H2,1-2H3,(H,32,34). The Bertz CT molecular complexity index is 1210. The highest BCUT2D eigenvalue weighted by Crippen LogP contribution is 2.22. The summed E-state index contributed by atoms with van der Waals surface area (Å²) in [7, 11) is 0. The molecule has 0 radical (unpaired) electrons. The summed E-state index contributed by atoms with van der Waals surface area (Å²) in [6.45, 7) is 4.22. The molecule has 0 aliphatic rings. The van der Waals surface area contributed by atoms with Crippen molar-refractivity contribution in [1.29, 1.82) is 0 Å². The molecule has 0 bridgehead atoms. The number of nitrogens with zero attached hydrogens (tertiary/aromatic N) is 1. The van der Waals surface area contributed by atoms with Crippen LogP contribution in [0.5, 0.6) is 0 Å². The topological polar surface area (TPSA) is 75.4 Å². The maximum absolute atomic E-state index is 13.7. The van der Waals surface area contributed by atoms with Gasteiger partial charge in [0.05, 0.1) is 0 Å². The highest BCUT2D eigenvalue weighted by atomic mass is 19.1. The number of nitrogens with one attached hydrogen (secondary N) is 1. The third-order valence-electron chi connectivity index (χ3n) is 5.25. The average molecular weight is 487 g/mol. The van der Waals surface area contributed by atoms with E-state index in [0.29, 0.717) is 23.4 Å². The molecule has 3 rings (SSSR count). The van der Waals surface area contributed by atoms with E-state index in [9.17, 15) is 27.2 Å². The number of rotatable bonds is 8. The van der Waals surface area contributed by atoms with Crippen LogP contribution in [0.4, 0.5) is 23.2 Å². The van der Waals surface area contributed by atoms with Crippen molar-refractivity contribution in [2.45, 2.75) is 20.4 Å². The highest BCUT2D eigenvalue weighted by molar-refractivity contribution is 6.04. The zero-order chi connectivity index (χ0) is 25.8. The lowest BCUT2D eigenvalue weighted by Gasteiger charge is -2.32. The summed E-state index contributed by atoms with van der Waals surface area (Å²) in [5.74, 6) is -4.80.